The summed E-state index contributed by atoms with van der Waals surface area (Å²) in [5.74, 6) is -2.82. The van der Waals surface area contributed by atoms with Crippen LogP contribution in [0.2, 0.25) is 5.02 Å². The van der Waals surface area contributed by atoms with E-state index in [1.54, 1.807) is 11.7 Å². The summed E-state index contributed by atoms with van der Waals surface area (Å²) in [6, 6.07) is -0.471. The Hall–Kier alpha value is -0.680. The Balaban J connectivity index is 2.17. The Bertz CT molecular complexity index is 386. The van der Waals surface area contributed by atoms with Gasteiger partial charge in [-0.25, -0.2) is 8.78 Å². The summed E-state index contributed by atoms with van der Waals surface area (Å²) in [5, 5.41) is 4.44. The van der Waals surface area contributed by atoms with E-state index >= 15 is 0 Å². The zero-order valence-electron chi connectivity index (χ0n) is 9.67. The van der Waals surface area contributed by atoms with E-state index in [1.165, 1.54) is 6.20 Å². The molecule has 96 valence electrons. The van der Waals surface area contributed by atoms with Crippen LogP contribution in [0.15, 0.2) is 6.20 Å². The number of nitrogens with two attached hydrogens (primary N) is 1. The number of alkyl halides is 2. The first kappa shape index (κ1) is 12.8. The van der Waals surface area contributed by atoms with E-state index < -0.39 is 12.0 Å². The Kier molecular flexibility index (Phi) is 3.41. The summed E-state index contributed by atoms with van der Waals surface area (Å²) < 4.78 is 28.3. The molecular formula is C11H16ClF2N3. The van der Waals surface area contributed by atoms with Crippen molar-refractivity contribution in [3.8, 4) is 0 Å². The average molecular weight is 264 g/mol. The molecule has 1 aromatic rings. The maximum absolute atomic E-state index is 13.3. The minimum atomic E-state index is -2.59. The first-order valence-electron chi connectivity index (χ1n) is 5.71. The van der Waals surface area contributed by atoms with Gasteiger partial charge in [-0.15, -0.1) is 0 Å². The molecule has 1 aliphatic rings. The van der Waals surface area contributed by atoms with Crippen LogP contribution < -0.4 is 5.73 Å². The highest BCUT2D eigenvalue weighted by molar-refractivity contribution is 6.31. The van der Waals surface area contributed by atoms with Gasteiger partial charge in [0.25, 0.3) is 0 Å². The van der Waals surface area contributed by atoms with E-state index in [9.17, 15) is 8.78 Å². The van der Waals surface area contributed by atoms with Gasteiger partial charge in [-0.1, -0.05) is 11.6 Å². The van der Waals surface area contributed by atoms with Crippen molar-refractivity contribution in [2.24, 2.45) is 18.7 Å². The summed E-state index contributed by atoms with van der Waals surface area (Å²) in [6.07, 6.45) is 2.54. The van der Waals surface area contributed by atoms with Crippen LogP contribution in [-0.4, -0.2) is 15.7 Å². The summed E-state index contributed by atoms with van der Waals surface area (Å²) in [6.45, 7) is 0. The molecule has 1 aromatic heterocycles. The van der Waals surface area contributed by atoms with Crippen molar-refractivity contribution in [1.29, 1.82) is 0 Å². The number of halogens is 3. The van der Waals surface area contributed by atoms with Crippen LogP contribution in [0.5, 0.6) is 0 Å². The SMILES string of the molecule is Cn1ncc(Cl)c1C(N)C1CCCC(F)(F)C1. The quantitative estimate of drug-likeness (QED) is 0.892. The van der Waals surface area contributed by atoms with Crippen LogP contribution in [0.1, 0.15) is 37.4 Å². The van der Waals surface area contributed by atoms with Gasteiger partial charge in [0.1, 0.15) is 0 Å². The first-order chi connectivity index (χ1) is 7.91. The molecule has 0 spiro atoms. The maximum atomic E-state index is 13.3. The second-order valence-corrected chi connectivity index (χ2v) is 5.15. The van der Waals surface area contributed by atoms with Crippen LogP contribution in [-0.2, 0) is 7.05 Å². The van der Waals surface area contributed by atoms with Crippen molar-refractivity contribution in [2.45, 2.75) is 37.6 Å². The first-order valence-corrected chi connectivity index (χ1v) is 6.09. The van der Waals surface area contributed by atoms with Crippen molar-refractivity contribution in [3.63, 3.8) is 0 Å². The highest BCUT2D eigenvalue weighted by atomic mass is 35.5. The largest absolute Gasteiger partial charge is 0.322 e. The van der Waals surface area contributed by atoms with Gasteiger partial charge in [0.15, 0.2) is 0 Å². The van der Waals surface area contributed by atoms with Crippen molar-refractivity contribution in [2.75, 3.05) is 0 Å². The Morgan fingerprint density at radius 3 is 2.88 bits per heavy atom. The predicted molar refractivity (Wildman–Crippen MR) is 62.1 cm³/mol. The average Bonchev–Trinajstić information content (AvgIpc) is 2.56. The van der Waals surface area contributed by atoms with E-state index in [1.807, 2.05) is 0 Å². The highest BCUT2D eigenvalue weighted by Gasteiger charge is 2.39. The molecule has 2 N–H and O–H groups in total. The third kappa shape index (κ3) is 2.60. The fourth-order valence-electron chi connectivity index (χ4n) is 2.54. The van der Waals surface area contributed by atoms with Crippen molar-refractivity contribution in [3.05, 3.63) is 16.9 Å². The fraction of sp³-hybridized carbons (Fsp3) is 0.727. The summed E-state index contributed by atoms with van der Waals surface area (Å²) >= 11 is 5.98. The number of hydrogen-bond donors (Lipinski definition) is 1. The van der Waals surface area contributed by atoms with Crippen LogP contribution in [0, 0.1) is 5.92 Å². The molecule has 1 fully saturated rings. The molecule has 1 saturated carbocycles. The van der Waals surface area contributed by atoms with Crippen molar-refractivity contribution >= 4 is 11.6 Å². The molecule has 1 heterocycles. The standard InChI is InChI=1S/C11H16ClF2N3/c1-17-10(8(12)6-16-17)9(15)7-3-2-4-11(13,14)5-7/h6-7,9H,2-5,15H2,1H3. The maximum Gasteiger partial charge on any atom is 0.248 e. The van der Waals surface area contributed by atoms with Gasteiger partial charge >= 0.3 is 0 Å². The molecule has 2 rings (SSSR count). The van der Waals surface area contributed by atoms with E-state index in [0.717, 1.165) is 6.42 Å². The lowest BCUT2D eigenvalue weighted by molar-refractivity contribution is -0.0567. The van der Waals surface area contributed by atoms with Gasteiger partial charge in [-0.2, -0.15) is 5.10 Å². The smallest absolute Gasteiger partial charge is 0.248 e. The predicted octanol–water partition coefficient (Wildman–Crippen LogP) is 2.90. The molecule has 0 radical (unpaired) electrons. The van der Waals surface area contributed by atoms with Gasteiger partial charge in [-0.3, -0.25) is 4.68 Å². The third-order valence-corrected chi connectivity index (χ3v) is 3.73. The molecule has 0 aromatic carbocycles. The monoisotopic (exact) mass is 263 g/mol. The molecule has 2 atom stereocenters. The van der Waals surface area contributed by atoms with Gasteiger partial charge in [0, 0.05) is 19.9 Å². The molecule has 17 heavy (non-hydrogen) atoms. The molecule has 1 aliphatic carbocycles. The molecule has 0 bridgehead atoms. The van der Waals surface area contributed by atoms with Gasteiger partial charge in [-0.05, 0) is 18.8 Å². The minimum Gasteiger partial charge on any atom is -0.322 e. The number of hydrogen-bond acceptors (Lipinski definition) is 2. The van der Waals surface area contributed by atoms with E-state index in [0.29, 0.717) is 17.1 Å². The second kappa shape index (κ2) is 4.53. The molecule has 2 unspecified atom stereocenters. The molecule has 0 saturated heterocycles. The lowest BCUT2D eigenvalue weighted by Gasteiger charge is -2.32. The topological polar surface area (TPSA) is 43.8 Å². The number of aromatic nitrogens is 2. The van der Waals surface area contributed by atoms with Gasteiger partial charge in [0.2, 0.25) is 5.92 Å². The molecular weight excluding hydrogens is 248 g/mol. The fourth-order valence-corrected chi connectivity index (χ4v) is 2.83. The van der Waals surface area contributed by atoms with E-state index in [-0.39, 0.29) is 18.8 Å². The lowest BCUT2D eigenvalue weighted by Crippen LogP contribution is -2.33. The highest BCUT2D eigenvalue weighted by Crippen LogP contribution is 2.42. The Morgan fingerprint density at radius 1 is 1.65 bits per heavy atom. The van der Waals surface area contributed by atoms with Crippen LogP contribution >= 0.6 is 11.6 Å². The number of aryl methyl sites for hydroxylation is 1. The third-order valence-electron chi connectivity index (χ3n) is 3.44. The molecule has 0 aliphatic heterocycles. The lowest BCUT2D eigenvalue weighted by atomic mass is 9.81. The van der Waals surface area contributed by atoms with E-state index in [2.05, 4.69) is 5.10 Å². The van der Waals surface area contributed by atoms with Crippen molar-refractivity contribution in [1.82, 2.24) is 9.78 Å². The summed E-state index contributed by atoms with van der Waals surface area (Å²) in [4.78, 5) is 0. The van der Waals surface area contributed by atoms with Crippen LogP contribution in [0.4, 0.5) is 8.78 Å². The van der Waals surface area contributed by atoms with Gasteiger partial charge in [0.05, 0.1) is 23.0 Å². The summed E-state index contributed by atoms with van der Waals surface area (Å²) in [7, 11) is 1.72. The number of rotatable bonds is 2. The van der Waals surface area contributed by atoms with Crippen LogP contribution in [0.3, 0.4) is 0 Å². The molecule has 3 nitrogen and oxygen atoms in total. The Labute approximate surface area is 104 Å². The Morgan fingerprint density at radius 2 is 2.35 bits per heavy atom. The van der Waals surface area contributed by atoms with Crippen molar-refractivity contribution < 1.29 is 8.78 Å². The number of nitrogens with zero attached hydrogens (tertiary/aromatic N) is 2. The van der Waals surface area contributed by atoms with Crippen LogP contribution in [0.25, 0.3) is 0 Å². The second-order valence-electron chi connectivity index (χ2n) is 4.74. The zero-order chi connectivity index (χ0) is 12.6. The molecule has 0 amide bonds. The summed E-state index contributed by atoms with van der Waals surface area (Å²) in [5.41, 5.74) is 6.71. The molecule has 6 heteroatoms. The van der Waals surface area contributed by atoms with Gasteiger partial charge < -0.3 is 5.73 Å². The minimum absolute atomic E-state index is 0.0324. The normalized spacial score (nSPS) is 25.8. The zero-order valence-corrected chi connectivity index (χ0v) is 10.4. The van der Waals surface area contributed by atoms with E-state index in [4.69, 9.17) is 17.3 Å².